The number of rotatable bonds is 4. The van der Waals surface area contributed by atoms with Gasteiger partial charge in [-0.05, 0) is 19.5 Å². The van der Waals surface area contributed by atoms with Crippen LogP contribution in [0.15, 0.2) is 30.5 Å². The minimum absolute atomic E-state index is 0. The van der Waals surface area contributed by atoms with Crippen LogP contribution in [0.3, 0.4) is 0 Å². The minimum atomic E-state index is -0.941. The van der Waals surface area contributed by atoms with Gasteiger partial charge in [-0.15, -0.1) is 0 Å². The van der Waals surface area contributed by atoms with Crippen LogP contribution >= 0.6 is 0 Å². The molecular formula is C14H24N2O3. The van der Waals surface area contributed by atoms with Crippen LogP contribution in [-0.2, 0) is 0 Å². The van der Waals surface area contributed by atoms with Crippen LogP contribution in [0.2, 0.25) is 0 Å². The number of benzene rings is 1. The van der Waals surface area contributed by atoms with E-state index in [1.54, 1.807) is 13.1 Å². The topological polar surface area (TPSA) is 88.5 Å². The lowest BCUT2D eigenvalue weighted by atomic mass is 10.1. The first-order valence-electron chi connectivity index (χ1n) is 6.42. The molecule has 0 radical (unpaired) electrons. The number of aliphatic hydroxyl groups excluding tert-OH is 3. The standard InChI is InChI=1S/C12H16N2O2.C2H6O.H2/c1-2-13-12(16)11(15)9-7-14-10-6-4-3-5-8(9)10;1-2-3;/h3-7,11-16H,2H2,1H3;3H,2H2,1H3;1H. The molecule has 5 heteroatoms. The predicted molar refractivity (Wildman–Crippen MR) is 77.8 cm³/mol. The molecule has 2 rings (SSSR count). The second-order valence-electron chi connectivity index (χ2n) is 4.05. The molecule has 0 spiro atoms. The van der Waals surface area contributed by atoms with Crippen molar-refractivity contribution in [3.05, 3.63) is 36.0 Å². The van der Waals surface area contributed by atoms with E-state index in [1.807, 2.05) is 31.2 Å². The van der Waals surface area contributed by atoms with Gasteiger partial charge in [-0.3, -0.25) is 5.32 Å². The maximum atomic E-state index is 9.97. The molecule has 0 saturated heterocycles. The van der Waals surface area contributed by atoms with Crippen LogP contribution in [0.25, 0.3) is 10.9 Å². The van der Waals surface area contributed by atoms with E-state index in [0.29, 0.717) is 12.1 Å². The van der Waals surface area contributed by atoms with E-state index >= 15 is 0 Å². The van der Waals surface area contributed by atoms with Crippen LogP contribution < -0.4 is 5.32 Å². The highest BCUT2D eigenvalue weighted by Crippen LogP contribution is 2.25. The van der Waals surface area contributed by atoms with E-state index in [2.05, 4.69) is 10.3 Å². The Morgan fingerprint density at radius 2 is 1.89 bits per heavy atom. The van der Waals surface area contributed by atoms with Gasteiger partial charge >= 0.3 is 0 Å². The number of nitrogens with one attached hydrogen (secondary N) is 2. The second kappa shape index (κ2) is 7.91. The fourth-order valence-corrected chi connectivity index (χ4v) is 1.83. The van der Waals surface area contributed by atoms with E-state index in [9.17, 15) is 10.2 Å². The van der Waals surface area contributed by atoms with E-state index in [-0.39, 0.29) is 8.03 Å². The Balaban J connectivity index is 0.000000830. The molecule has 2 atom stereocenters. The first kappa shape index (κ1) is 15.7. The number of aromatic amines is 1. The molecule has 2 aromatic rings. The summed E-state index contributed by atoms with van der Waals surface area (Å²) in [6, 6.07) is 7.69. The molecule has 0 bridgehead atoms. The highest BCUT2D eigenvalue weighted by molar-refractivity contribution is 5.83. The number of H-pyrrole nitrogens is 1. The maximum absolute atomic E-state index is 9.97. The lowest BCUT2D eigenvalue weighted by molar-refractivity contribution is -0.00102. The fourth-order valence-electron chi connectivity index (χ4n) is 1.83. The van der Waals surface area contributed by atoms with Crippen LogP contribution in [-0.4, -0.2) is 39.7 Å². The number of aliphatic hydroxyl groups is 3. The number of aromatic nitrogens is 1. The van der Waals surface area contributed by atoms with Gasteiger partial charge in [-0.25, -0.2) is 0 Å². The maximum Gasteiger partial charge on any atom is 0.135 e. The molecule has 0 aliphatic rings. The second-order valence-corrected chi connectivity index (χ2v) is 4.05. The smallest absolute Gasteiger partial charge is 0.135 e. The largest absolute Gasteiger partial charge is 0.397 e. The van der Waals surface area contributed by atoms with Gasteiger partial charge < -0.3 is 20.3 Å². The summed E-state index contributed by atoms with van der Waals surface area (Å²) in [6.07, 6.45) is -0.129. The van der Waals surface area contributed by atoms with Crippen molar-refractivity contribution < 1.29 is 16.7 Å². The Kier molecular flexibility index (Phi) is 6.52. The average Bonchev–Trinajstić information content (AvgIpc) is 2.83. The van der Waals surface area contributed by atoms with Crippen molar-refractivity contribution >= 4 is 10.9 Å². The predicted octanol–water partition coefficient (Wildman–Crippen LogP) is 1.37. The Labute approximate surface area is 114 Å². The van der Waals surface area contributed by atoms with Gasteiger partial charge in [-0.1, -0.05) is 25.1 Å². The van der Waals surface area contributed by atoms with E-state index in [4.69, 9.17) is 5.11 Å². The molecule has 0 fully saturated rings. The monoisotopic (exact) mass is 268 g/mol. The highest BCUT2D eigenvalue weighted by Gasteiger charge is 2.20. The van der Waals surface area contributed by atoms with E-state index in [1.165, 1.54) is 0 Å². The van der Waals surface area contributed by atoms with Gasteiger partial charge in [0.1, 0.15) is 12.3 Å². The molecular weight excluding hydrogens is 244 g/mol. The third-order valence-corrected chi connectivity index (χ3v) is 2.65. The van der Waals surface area contributed by atoms with Gasteiger partial charge in [0.05, 0.1) is 0 Å². The molecule has 0 amide bonds. The summed E-state index contributed by atoms with van der Waals surface area (Å²) in [5.74, 6) is 0. The minimum Gasteiger partial charge on any atom is -0.397 e. The lowest BCUT2D eigenvalue weighted by Crippen LogP contribution is -2.34. The van der Waals surface area contributed by atoms with Crippen molar-refractivity contribution in [1.29, 1.82) is 0 Å². The Morgan fingerprint density at radius 1 is 1.26 bits per heavy atom. The SMILES string of the molecule is CCNC(O)C(O)c1c[nH]c2ccccc12.CCO.[HH]. The zero-order chi connectivity index (χ0) is 14.3. The third-order valence-electron chi connectivity index (χ3n) is 2.65. The third kappa shape index (κ3) is 4.04. The summed E-state index contributed by atoms with van der Waals surface area (Å²) in [5, 5.41) is 30.9. The number of hydrogen-bond donors (Lipinski definition) is 5. The van der Waals surface area contributed by atoms with Crippen molar-refractivity contribution in [2.24, 2.45) is 0 Å². The van der Waals surface area contributed by atoms with Gasteiger partial charge in [-0.2, -0.15) is 0 Å². The molecule has 0 aliphatic heterocycles. The summed E-state index contributed by atoms with van der Waals surface area (Å²) in [5.41, 5.74) is 1.67. The molecule has 5 nitrogen and oxygen atoms in total. The Hall–Kier alpha value is -1.40. The first-order chi connectivity index (χ1) is 9.15. The molecule has 19 heavy (non-hydrogen) atoms. The average molecular weight is 268 g/mol. The fraction of sp³-hybridized carbons (Fsp3) is 0.429. The Morgan fingerprint density at radius 3 is 2.53 bits per heavy atom. The van der Waals surface area contributed by atoms with Gasteiger partial charge in [0.2, 0.25) is 0 Å². The zero-order valence-corrected chi connectivity index (χ0v) is 11.3. The lowest BCUT2D eigenvalue weighted by Gasteiger charge is -2.17. The highest BCUT2D eigenvalue weighted by atomic mass is 16.3. The quantitative estimate of drug-likeness (QED) is 0.542. The molecule has 2 unspecified atom stereocenters. The number of para-hydroxylation sites is 1. The summed E-state index contributed by atoms with van der Waals surface area (Å²) in [7, 11) is 0. The number of likely N-dealkylation sites (N-methyl/N-ethyl adjacent to an activating group) is 1. The van der Waals surface area contributed by atoms with Crippen LogP contribution in [0, 0.1) is 0 Å². The molecule has 108 valence electrons. The normalized spacial score (nSPS) is 13.7. The van der Waals surface area contributed by atoms with Crippen molar-refractivity contribution in [1.82, 2.24) is 10.3 Å². The van der Waals surface area contributed by atoms with Crippen molar-refractivity contribution in [2.75, 3.05) is 13.2 Å². The first-order valence-corrected chi connectivity index (χ1v) is 6.42. The summed E-state index contributed by atoms with van der Waals surface area (Å²) in [4.78, 5) is 3.07. The molecule has 5 N–H and O–H groups in total. The number of fused-ring (bicyclic) bond motifs is 1. The molecule has 1 aromatic carbocycles. The van der Waals surface area contributed by atoms with Gasteiger partial charge in [0.25, 0.3) is 0 Å². The van der Waals surface area contributed by atoms with Gasteiger partial charge in [0, 0.05) is 30.7 Å². The Bertz CT molecular complexity index is 490. The van der Waals surface area contributed by atoms with Crippen molar-refractivity contribution in [3.8, 4) is 0 Å². The summed E-state index contributed by atoms with van der Waals surface area (Å²) < 4.78 is 0. The van der Waals surface area contributed by atoms with E-state index < -0.39 is 12.3 Å². The molecule has 0 saturated carbocycles. The summed E-state index contributed by atoms with van der Waals surface area (Å²) >= 11 is 0. The zero-order valence-electron chi connectivity index (χ0n) is 11.3. The van der Waals surface area contributed by atoms with Gasteiger partial charge in [0.15, 0.2) is 0 Å². The van der Waals surface area contributed by atoms with Crippen molar-refractivity contribution in [2.45, 2.75) is 26.2 Å². The molecule has 1 heterocycles. The van der Waals surface area contributed by atoms with Crippen molar-refractivity contribution in [3.63, 3.8) is 0 Å². The number of hydrogen-bond acceptors (Lipinski definition) is 4. The molecule has 1 aromatic heterocycles. The molecule has 0 aliphatic carbocycles. The summed E-state index contributed by atoms with van der Waals surface area (Å²) in [6.45, 7) is 4.42. The van der Waals surface area contributed by atoms with E-state index in [0.717, 1.165) is 10.9 Å². The van der Waals surface area contributed by atoms with Crippen LogP contribution in [0.1, 0.15) is 26.9 Å². The van der Waals surface area contributed by atoms with Crippen LogP contribution in [0.4, 0.5) is 0 Å². The van der Waals surface area contributed by atoms with Crippen LogP contribution in [0.5, 0.6) is 0 Å².